The lowest BCUT2D eigenvalue weighted by Gasteiger charge is -2.26. The van der Waals surface area contributed by atoms with Crippen LogP contribution in [0, 0.1) is 0 Å². The fourth-order valence-corrected chi connectivity index (χ4v) is 2.41. The zero-order valence-electron chi connectivity index (χ0n) is 12.0. The Morgan fingerprint density at radius 2 is 2.11 bits per heavy atom. The quantitative estimate of drug-likeness (QED) is 0.701. The summed E-state index contributed by atoms with van der Waals surface area (Å²) in [6.45, 7) is 4.77. The van der Waals surface area contributed by atoms with Crippen molar-refractivity contribution in [2.45, 2.75) is 64.2 Å². The van der Waals surface area contributed by atoms with Gasteiger partial charge in [-0.2, -0.15) is 0 Å². The predicted octanol–water partition coefficient (Wildman–Crippen LogP) is 0.829. The summed E-state index contributed by atoms with van der Waals surface area (Å²) in [6.07, 6.45) is -2.34. The van der Waals surface area contributed by atoms with Crippen LogP contribution >= 0.6 is 0 Å². The summed E-state index contributed by atoms with van der Waals surface area (Å²) < 4.78 is 35.0. The van der Waals surface area contributed by atoms with E-state index in [9.17, 15) is 4.79 Å². The van der Waals surface area contributed by atoms with E-state index in [0.29, 0.717) is 0 Å². The summed E-state index contributed by atoms with van der Waals surface area (Å²) >= 11 is 0. The molecule has 2 saturated heterocycles. The standard InChI is InChI=1S/C12H20O6/c1-6(15-7(2)13)8-9-10(11(14-5)16-8)18-12(3,4)17-9/h6,8-11H,1-5H3/t6-,8+,9+,10+,11?/m0/s1/i3D/t6-,8+,9+,10+,11?,12?. The van der Waals surface area contributed by atoms with Crippen LogP contribution in [-0.4, -0.2) is 49.6 Å². The van der Waals surface area contributed by atoms with E-state index in [-0.39, 0.29) is 12.9 Å². The van der Waals surface area contributed by atoms with Crippen molar-refractivity contribution in [3.8, 4) is 0 Å². The van der Waals surface area contributed by atoms with E-state index >= 15 is 0 Å². The second-order valence-corrected chi connectivity index (χ2v) is 4.82. The summed E-state index contributed by atoms with van der Waals surface area (Å²) in [4.78, 5) is 11.0. The van der Waals surface area contributed by atoms with Crippen molar-refractivity contribution < 1.29 is 29.8 Å². The fourth-order valence-electron chi connectivity index (χ4n) is 2.41. The minimum Gasteiger partial charge on any atom is -0.460 e. The second kappa shape index (κ2) is 4.77. The second-order valence-electron chi connectivity index (χ2n) is 4.82. The molecule has 0 bridgehead atoms. The molecule has 6 nitrogen and oxygen atoms in total. The molecular weight excluding hydrogens is 240 g/mol. The highest BCUT2D eigenvalue weighted by Crippen LogP contribution is 2.40. The molecule has 2 fully saturated rings. The Labute approximate surface area is 108 Å². The highest BCUT2D eigenvalue weighted by Gasteiger charge is 2.57. The molecular formula is C12H20O6. The molecule has 0 amide bonds. The maximum Gasteiger partial charge on any atom is 0.302 e. The van der Waals surface area contributed by atoms with Gasteiger partial charge in [0.25, 0.3) is 0 Å². The van der Waals surface area contributed by atoms with Crippen molar-refractivity contribution in [3.05, 3.63) is 0 Å². The largest absolute Gasteiger partial charge is 0.460 e. The van der Waals surface area contributed by atoms with E-state index in [0.717, 1.165) is 0 Å². The molecule has 0 spiro atoms. The molecule has 0 N–H and O–H groups in total. The molecule has 18 heavy (non-hydrogen) atoms. The van der Waals surface area contributed by atoms with Gasteiger partial charge in [0.1, 0.15) is 24.4 Å². The molecule has 2 unspecified atom stereocenters. The van der Waals surface area contributed by atoms with Gasteiger partial charge in [0.15, 0.2) is 12.1 Å². The molecule has 0 radical (unpaired) electrons. The number of hydrogen-bond donors (Lipinski definition) is 0. The average Bonchev–Trinajstić information content (AvgIpc) is 2.83. The number of ether oxygens (including phenoxy) is 5. The van der Waals surface area contributed by atoms with Gasteiger partial charge in [0.2, 0.25) is 0 Å². The third-order valence-corrected chi connectivity index (χ3v) is 3.02. The van der Waals surface area contributed by atoms with Gasteiger partial charge in [0.05, 0.1) is 0 Å². The lowest BCUT2D eigenvalue weighted by atomic mass is 10.1. The molecule has 104 valence electrons. The monoisotopic (exact) mass is 261 g/mol. The van der Waals surface area contributed by atoms with Crippen LogP contribution in [0.1, 0.15) is 29.0 Å². The summed E-state index contributed by atoms with van der Waals surface area (Å²) in [5, 5.41) is 0. The molecule has 6 heteroatoms. The van der Waals surface area contributed by atoms with Gasteiger partial charge < -0.3 is 23.7 Å². The van der Waals surface area contributed by atoms with Crippen LogP contribution in [-0.2, 0) is 28.5 Å². The van der Waals surface area contributed by atoms with Crippen LogP contribution in [0.15, 0.2) is 0 Å². The summed E-state index contributed by atoms with van der Waals surface area (Å²) in [6, 6.07) is 0. The molecule has 0 aromatic rings. The van der Waals surface area contributed by atoms with Crippen LogP contribution in [0.4, 0.5) is 0 Å². The number of methoxy groups -OCH3 is 1. The maximum atomic E-state index is 11.0. The van der Waals surface area contributed by atoms with E-state index in [2.05, 4.69) is 0 Å². The van der Waals surface area contributed by atoms with Gasteiger partial charge in [-0.25, -0.2) is 0 Å². The molecule has 6 atom stereocenters. The van der Waals surface area contributed by atoms with Crippen molar-refractivity contribution in [1.29, 1.82) is 0 Å². The van der Waals surface area contributed by atoms with Gasteiger partial charge in [-0.05, 0) is 20.7 Å². The minimum atomic E-state index is -0.968. The minimum absolute atomic E-state index is 0.0227. The van der Waals surface area contributed by atoms with E-state index in [1.807, 2.05) is 0 Å². The van der Waals surface area contributed by atoms with E-state index in [4.69, 9.17) is 25.1 Å². The first-order chi connectivity index (χ1) is 8.90. The number of carbonyl (C=O) groups excluding carboxylic acids is 1. The molecule has 2 aliphatic rings. The average molecular weight is 261 g/mol. The number of rotatable bonds is 3. The van der Waals surface area contributed by atoms with Gasteiger partial charge >= 0.3 is 5.97 Å². The van der Waals surface area contributed by atoms with Crippen molar-refractivity contribution in [2.75, 3.05) is 7.11 Å². The third-order valence-electron chi connectivity index (χ3n) is 3.02. The van der Waals surface area contributed by atoms with Crippen molar-refractivity contribution >= 4 is 5.97 Å². The first-order valence-electron chi connectivity index (χ1n) is 6.61. The Kier molecular flexibility index (Phi) is 3.27. The van der Waals surface area contributed by atoms with Crippen molar-refractivity contribution in [2.24, 2.45) is 0 Å². The molecule has 0 aromatic carbocycles. The van der Waals surface area contributed by atoms with E-state index in [1.54, 1.807) is 13.8 Å². The van der Waals surface area contributed by atoms with Crippen LogP contribution in [0.3, 0.4) is 0 Å². The Morgan fingerprint density at radius 1 is 1.44 bits per heavy atom. The number of carbonyl (C=O) groups is 1. The Hall–Kier alpha value is -0.690. The smallest absolute Gasteiger partial charge is 0.302 e. The van der Waals surface area contributed by atoms with Gasteiger partial charge in [-0.1, -0.05) is 0 Å². The molecule has 0 saturated carbocycles. The highest BCUT2D eigenvalue weighted by molar-refractivity contribution is 5.66. The van der Waals surface area contributed by atoms with Crippen LogP contribution in [0.25, 0.3) is 0 Å². The van der Waals surface area contributed by atoms with Gasteiger partial charge in [-0.15, -0.1) is 0 Å². The molecule has 2 aliphatic heterocycles. The molecule has 0 aromatic heterocycles. The van der Waals surface area contributed by atoms with Gasteiger partial charge in [-0.3, -0.25) is 4.79 Å². The topological polar surface area (TPSA) is 63.2 Å². The molecule has 2 heterocycles. The first-order valence-corrected chi connectivity index (χ1v) is 5.90. The van der Waals surface area contributed by atoms with E-state index in [1.165, 1.54) is 14.0 Å². The first kappa shape index (κ1) is 12.3. The van der Waals surface area contributed by atoms with Crippen LogP contribution in [0.2, 0.25) is 0 Å². The van der Waals surface area contributed by atoms with Crippen molar-refractivity contribution in [3.63, 3.8) is 0 Å². The zero-order valence-corrected chi connectivity index (χ0v) is 11.0. The summed E-state index contributed by atoms with van der Waals surface area (Å²) in [5.41, 5.74) is 0. The lowest BCUT2D eigenvalue weighted by molar-refractivity contribution is -0.237. The molecule has 2 rings (SSSR count). The summed E-state index contributed by atoms with van der Waals surface area (Å²) in [7, 11) is 1.51. The highest BCUT2D eigenvalue weighted by atomic mass is 16.8. The van der Waals surface area contributed by atoms with Crippen LogP contribution < -0.4 is 0 Å². The Morgan fingerprint density at radius 3 is 2.67 bits per heavy atom. The number of esters is 1. The molecule has 0 aliphatic carbocycles. The van der Waals surface area contributed by atoms with Crippen LogP contribution in [0.5, 0.6) is 0 Å². The number of hydrogen-bond acceptors (Lipinski definition) is 6. The van der Waals surface area contributed by atoms with E-state index < -0.39 is 36.5 Å². The lowest BCUT2D eigenvalue weighted by Crippen LogP contribution is -2.39. The Balaban J connectivity index is 2.12. The third kappa shape index (κ3) is 2.51. The zero-order chi connectivity index (χ0) is 14.2. The fraction of sp³-hybridized carbons (Fsp3) is 0.917. The summed E-state index contributed by atoms with van der Waals surface area (Å²) in [5.74, 6) is -1.35. The van der Waals surface area contributed by atoms with Gasteiger partial charge in [0, 0.05) is 15.4 Å². The maximum absolute atomic E-state index is 11.0. The normalized spacial score (nSPS) is 45.4. The predicted molar refractivity (Wildman–Crippen MR) is 60.7 cm³/mol. The number of fused-ring (bicyclic) bond motifs is 1. The Bertz CT molecular complexity index is 351. The van der Waals surface area contributed by atoms with Crippen molar-refractivity contribution in [1.82, 2.24) is 0 Å². The SMILES string of the molecule is [2H]CC1(C)O[C@@H]2[C@@H]([C@H](C)OC(C)=O)OC(OC)[C@@H]2O1.